The molecule has 0 bridgehead atoms. The minimum atomic E-state index is -0.0995. The third kappa shape index (κ3) is 3.27. The molecule has 0 spiro atoms. The number of ether oxygens (including phenoxy) is 1. The van der Waals surface area contributed by atoms with Gasteiger partial charge in [-0.05, 0) is 32.0 Å². The number of hydrogen-bond acceptors (Lipinski definition) is 6. The number of furan rings is 1. The predicted molar refractivity (Wildman–Crippen MR) is 111 cm³/mol. The number of rotatable bonds is 3. The number of amides is 1. The Labute approximate surface area is 173 Å². The van der Waals surface area contributed by atoms with Crippen molar-refractivity contribution in [1.29, 1.82) is 0 Å². The molecule has 1 aliphatic heterocycles. The lowest BCUT2D eigenvalue weighted by Crippen LogP contribution is -2.48. The first kappa shape index (κ1) is 18.6. The van der Waals surface area contributed by atoms with Gasteiger partial charge < -0.3 is 18.6 Å². The summed E-state index contributed by atoms with van der Waals surface area (Å²) < 4.78 is 16.9. The van der Waals surface area contributed by atoms with Crippen LogP contribution in [0.3, 0.4) is 0 Å². The summed E-state index contributed by atoms with van der Waals surface area (Å²) in [5.74, 6) is 0.463. The summed E-state index contributed by atoms with van der Waals surface area (Å²) >= 11 is 0. The lowest BCUT2D eigenvalue weighted by atomic mass is 10.0. The van der Waals surface area contributed by atoms with Crippen molar-refractivity contribution in [2.24, 2.45) is 0 Å². The van der Waals surface area contributed by atoms with Gasteiger partial charge >= 0.3 is 0 Å². The van der Waals surface area contributed by atoms with Gasteiger partial charge in [0.25, 0.3) is 11.6 Å². The van der Waals surface area contributed by atoms with Crippen LogP contribution in [0.2, 0.25) is 0 Å². The molecule has 3 aromatic heterocycles. The summed E-state index contributed by atoms with van der Waals surface area (Å²) in [7, 11) is 0. The molecule has 4 aromatic rings. The van der Waals surface area contributed by atoms with E-state index >= 15 is 0 Å². The number of nitrogens with zero attached hydrogens (tertiary/aromatic N) is 3. The van der Waals surface area contributed by atoms with Crippen molar-refractivity contribution in [2.45, 2.75) is 26.1 Å². The fraction of sp³-hybridized carbons (Fsp3) is 0.261. The Bertz CT molecular complexity index is 1170. The van der Waals surface area contributed by atoms with E-state index in [9.17, 15) is 4.79 Å². The highest BCUT2D eigenvalue weighted by Gasteiger charge is 2.30. The summed E-state index contributed by atoms with van der Waals surface area (Å²) in [5, 5.41) is 4.85. The summed E-state index contributed by atoms with van der Waals surface area (Å²) in [5.41, 5.74) is 2.79. The molecule has 1 saturated heterocycles. The van der Waals surface area contributed by atoms with Crippen molar-refractivity contribution in [3.63, 3.8) is 0 Å². The van der Waals surface area contributed by atoms with Crippen LogP contribution in [0.25, 0.3) is 33.8 Å². The van der Waals surface area contributed by atoms with Crippen LogP contribution < -0.4 is 0 Å². The zero-order chi connectivity index (χ0) is 20.7. The van der Waals surface area contributed by atoms with Crippen LogP contribution in [-0.2, 0) is 4.74 Å². The van der Waals surface area contributed by atoms with E-state index in [1.54, 1.807) is 24.5 Å². The molecular weight excluding hydrogens is 382 g/mol. The van der Waals surface area contributed by atoms with Crippen molar-refractivity contribution in [2.75, 3.05) is 13.1 Å². The second-order valence-electron chi connectivity index (χ2n) is 7.58. The van der Waals surface area contributed by atoms with Crippen LogP contribution in [0.1, 0.15) is 24.2 Å². The minimum absolute atomic E-state index is 0.0318. The maximum atomic E-state index is 13.7. The summed E-state index contributed by atoms with van der Waals surface area (Å²) in [6.45, 7) is 4.99. The molecule has 1 fully saturated rings. The van der Waals surface area contributed by atoms with Crippen LogP contribution in [0, 0.1) is 0 Å². The molecule has 7 nitrogen and oxygen atoms in total. The number of carbonyl (C=O) groups excluding carboxylic acids is 1. The highest BCUT2D eigenvalue weighted by atomic mass is 16.5. The van der Waals surface area contributed by atoms with Gasteiger partial charge in [-0.2, -0.15) is 0 Å². The molecule has 30 heavy (non-hydrogen) atoms. The molecule has 1 aliphatic rings. The van der Waals surface area contributed by atoms with Gasteiger partial charge in [-0.1, -0.05) is 35.5 Å². The van der Waals surface area contributed by atoms with Gasteiger partial charge in [0.1, 0.15) is 11.4 Å². The standard InChI is InChI=1S/C23H21N3O4/c1-14-12-26(13-15(2)29-14)23(27)17-11-18(19-9-6-10-28-19)24-22-20(17)21(25-30-22)16-7-4-3-5-8-16/h3-11,14-15H,12-13H2,1-2H3/t14-,15-/m1/s1. The van der Waals surface area contributed by atoms with E-state index in [0.29, 0.717) is 46.9 Å². The monoisotopic (exact) mass is 403 g/mol. The largest absolute Gasteiger partial charge is 0.463 e. The van der Waals surface area contributed by atoms with E-state index in [-0.39, 0.29) is 18.1 Å². The van der Waals surface area contributed by atoms with Crippen molar-refractivity contribution >= 4 is 17.0 Å². The van der Waals surface area contributed by atoms with Crippen LogP contribution in [0.15, 0.2) is 63.7 Å². The zero-order valence-electron chi connectivity index (χ0n) is 16.7. The highest BCUT2D eigenvalue weighted by Crippen LogP contribution is 2.33. The molecule has 7 heteroatoms. The fourth-order valence-corrected chi connectivity index (χ4v) is 3.98. The Morgan fingerprint density at radius 3 is 2.53 bits per heavy atom. The third-order valence-corrected chi connectivity index (χ3v) is 5.20. The molecule has 0 aliphatic carbocycles. The Balaban J connectivity index is 1.69. The fourth-order valence-electron chi connectivity index (χ4n) is 3.98. The van der Waals surface area contributed by atoms with E-state index in [1.807, 2.05) is 49.1 Å². The molecule has 0 N–H and O–H groups in total. The van der Waals surface area contributed by atoms with Gasteiger partial charge in [0.05, 0.1) is 29.4 Å². The quantitative estimate of drug-likeness (QED) is 0.504. The number of benzene rings is 1. The average Bonchev–Trinajstić information content (AvgIpc) is 3.42. The van der Waals surface area contributed by atoms with Crippen LogP contribution in [-0.4, -0.2) is 46.2 Å². The summed E-state index contributed by atoms with van der Waals surface area (Å²) in [6.07, 6.45) is 1.51. The number of morpholine rings is 1. The SMILES string of the molecule is C[C@@H]1CN(C(=O)c2cc(-c3ccco3)nc3onc(-c4ccccc4)c23)C[C@@H](C)O1. The van der Waals surface area contributed by atoms with Gasteiger partial charge in [0.15, 0.2) is 5.76 Å². The van der Waals surface area contributed by atoms with Crippen LogP contribution in [0.5, 0.6) is 0 Å². The number of aromatic nitrogens is 2. The van der Waals surface area contributed by atoms with E-state index in [4.69, 9.17) is 13.7 Å². The predicted octanol–water partition coefficient (Wildman–Crippen LogP) is 4.40. The van der Waals surface area contributed by atoms with Gasteiger partial charge in [-0.15, -0.1) is 0 Å². The lowest BCUT2D eigenvalue weighted by molar-refractivity contribution is -0.0585. The summed E-state index contributed by atoms with van der Waals surface area (Å²) in [4.78, 5) is 20.0. The van der Waals surface area contributed by atoms with E-state index in [1.165, 1.54) is 0 Å². The van der Waals surface area contributed by atoms with Crippen molar-refractivity contribution in [1.82, 2.24) is 15.0 Å². The molecule has 1 aromatic carbocycles. The van der Waals surface area contributed by atoms with Gasteiger partial charge in [-0.25, -0.2) is 4.98 Å². The van der Waals surface area contributed by atoms with Gasteiger partial charge in [0.2, 0.25) is 0 Å². The van der Waals surface area contributed by atoms with Crippen LogP contribution >= 0.6 is 0 Å². The van der Waals surface area contributed by atoms with E-state index < -0.39 is 0 Å². The lowest BCUT2D eigenvalue weighted by Gasteiger charge is -2.35. The minimum Gasteiger partial charge on any atom is -0.463 e. The zero-order valence-corrected chi connectivity index (χ0v) is 16.7. The second-order valence-corrected chi connectivity index (χ2v) is 7.58. The number of hydrogen-bond donors (Lipinski definition) is 0. The van der Waals surface area contributed by atoms with Crippen molar-refractivity contribution in [3.8, 4) is 22.7 Å². The Hall–Kier alpha value is -3.45. The van der Waals surface area contributed by atoms with Crippen LogP contribution in [0.4, 0.5) is 0 Å². The van der Waals surface area contributed by atoms with Crippen molar-refractivity contribution < 1.29 is 18.5 Å². The smallest absolute Gasteiger partial charge is 0.259 e. The summed E-state index contributed by atoms with van der Waals surface area (Å²) in [6, 6.07) is 15.0. The van der Waals surface area contributed by atoms with Gasteiger partial charge in [-0.3, -0.25) is 4.79 Å². The number of fused-ring (bicyclic) bond motifs is 1. The molecule has 152 valence electrons. The highest BCUT2D eigenvalue weighted by molar-refractivity contribution is 6.10. The van der Waals surface area contributed by atoms with E-state index in [0.717, 1.165) is 5.56 Å². The topological polar surface area (TPSA) is 81.6 Å². The maximum absolute atomic E-state index is 13.7. The normalized spacial score (nSPS) is 19.3. The Morgan fingerprint density at radius 2 is 1.83 bits per heavy atom. The van der Waals surface area contributed by atoms with Gasteiger partial charge in [0, 0.05) is 18.7 Å². The molecule has 1 amide bonds. The molecule has 0 saturated carbocycles. The third-order valence-electron chi connectivity index (χ3n) is 5.20. The molecule has 2 atom stereocenters. The average molecular weight is 403 g/mol. The second kappa shape index (κ2) is 7.42. The number of carbonyl (C=O) groups is 1. The van der Waals surface area contributed by atoms with E-state index in [2.05, 4.69) is 10.1 Å². The maximum Gasteiger partial charge on any atom is 0.259 e. The molecular formula is C23H21N3O4. The first-order chi connectivity index (χ1) is 14.6. The molecule has 5 rings (SSSR count). The first-order valence-electron chi connectivity index (χ1n) is 9.94. The number of pyridine rings is 1. The molecule has 0 radical (unpaired) electrons. The Morgan fingerprint density at radius 1 is 1.07 bits per heavy atom. The molecule has 4 heterocycles. The molecule has 0 unspecified atom stereocenters. The first-order valence-corrected chi connectivity index (χ1v) is 9.94. The van der Waals surface area contributed by atoms with Crippen molar-refractivity contribution in [3.05, 3.63) is 60.4 Å². The Kier molecular flexibility index (Phi) is 4.59.